The lowest BCUT2D eigenvalue weighted by atomic mass is 10.1. The Morgan fingerprint density at radius 1 is 1.16 bits per heavy atom. The zero-order chi connectivity index (χ0) is 22.0. The van der Waals surface area contributed by atoms with E-state index in [9.17, 15) is 9.90 Å². The first-order valence-electron chi connectivity index (χ1n) is 10.1. The predicted molar refractivity (Wildman–Crippen MR) is 119 cm³/mol. The van der Waals surface area contributed by atoms with Gasteiger partial charge in [-0.15, -0.1) is 0 Å². The second-order valence-electron chi connectivity index (χ2n) is 7.53. The summed E-state index contributed by atoms with van der Waals surface area (Å²) in [7, 11) is 1.49. The summed E-state index contributed by atoms with van der Waals surface area (Å²) in [5, 5.41) is 17.9. The maximum Gasteiger partial charge on any atom is 0.252 e. The molecular formula is C24H24N4O3. The van der Waals surface area contributed by atoms with Gasteiger partial charge in [0.25, 0.3) is 5.91 Å². The lowest BCUT2D eigenvalue weighted by Gasteiger charge is -2.12. The number of phenols is 1. The maximum atomic E-state index is 13.2. The standard InChI is InChI=1S/C24H24N4O3/c1-15(2)28-23-19(14-26-28)18(12-20(27-23)17-7-5-4-6-8-17)24(30)25-13-16-9-10-21(29)22(11-16)31-3/h4-12,14-15,29H,13H2,1-3H3,(H,25,30). The fourth-order valence-electron chi connectivity index (χ4n) is 3.45. The van der Waals surface area contributed by atoms with Crippen molar-refractivity contribution < 1.29 is 14.6 Å². The van der Waals surface area contributed by atoms with Crippen molar-refractivity contribution in [2.45, 2.75) is 26.4 Å². The van der Waals surface area contributed by atoms with Gasteiger partial charge in [0.05, 0.1) is 30.0 Å². The fraction of sp³-hybridized carbons (Fsp3) is 0.208. The number of nitrogens with one attached hydrogen (secondary N) is 1. The molecule has 4 rings (SSSR count). The predicted octanol–water partition coefficient (Wildman–Crippen LogP) is 4.32. The summed E-state index contributed by atoms with van der Waals surface area (Å²) < 4.78 is 6.97. The number of fused-ring (bicyclic) bond motifs is 1. The summed E-state index contributed by atoms with van der Waals surface area (Å²) in [6, 6.07) is 16.7. The highest BCUT2D eigenvalue weighted by molar-refractivity contribution is 6.06. The summed E-state index contributed by atoms with van der Waals surface area (Å²) in [5.41, 5.74) is 3.65. The van der Waals surface area contributed by atoms with Gasteiger partial charge in [-0.1, -0.05) is 36.4 Å². The Hall–Kier alpha value is -3.87. The number of nitrogens with zero attached hydrogens (tertiary/aromatic N) is 3. The molecular weight excluding hydrogens is 392 g/mol. The number of aromatic nitrogens is 3. The van der Waals surface area contributed by atoms with E-state index in [1.54, 1.807) is 30.5 Å². The molecule has 0 bridgehead atoms. The van der Waals surface area contributed by atoms with Crippen LogP contribution in [-0.4, -0.2) is 32.9 Å². The van der Waals surface area contributed by atoms with Gasteiger partial charge in [-0.2, -0.15) is 5.10 Å². The first kappa shape index (κ1) is 20.4. The van der Waals surface area contributed by atoms with E-state index >= 15 is 0 Å². The number of benzene rings is 2. The minimum atomic E-state index is -0.222. The van der Waals surface area contributed by atoms with Crippen LogP contribution in [-0.2, 0) is 6.54 Å². The SMILES string of the molecule is COc1cc(CNC(=O)c2cc(-c3ccccc3)nc3c2cnn3C(C)C)ccc1O. The number of hydrogen-bond donors (Lipinski definition) is 2. The third-order valence-corrected chi connectivity index (χ3v) is 5.07. The number of aromatic hydroxyl groups is 1. The molecule has 0 saturated heterocycles. The number of ether oxygens (including phenoxy) is 1. The molecule has 0 fully saturated rings. The van der Waals surface area contributed by atoms with Gasteiger partial charge in [-0.3, -0.25) is 4.79 Å². The molecule has 31 heavy (non-hydrogen) atoms. The first-order chi connectivity index (χ1) is 15.0. The Labute approximate surface area is 180 Å². The molecule has 0 aliphatic carbocycles. The van der Waals surface area contributed by atoms with Crippen molar-refractivity contribution in [2.75, 3.05) is 7.11 Å². The molecule has 0 aliphatic heterocycles. The third kappa shape index (κ3) is 4.07. The number of phenolic OH excluding ortho intramolecular Hbond substituents is 1. The minimum Gasteiger partial charge on any atom is -0.504 e. The number of hydrogen-bond acceptors (Lipinski definition) is 5. The van der Waals surface area contributed by atoms with Crippen molar-refractivity contribution >= 4 is 16.9 Å². The van der Waals surface area contributed by atoms with Gasteiger partial charge < -0.3 is 15.2 Å². The van der Waals surface area contributed by atoms with Crippen molar-refractivity contribution in [1.82, 2.24) is 20.1 Å². The molecule has 4 aromatic rings. The van der Waals surface area contributed by atoms with Crippen LogP contribution < -0.4 is 10.1 Å². The number of methoxy groups -OCH3 is 1. The molecule has 0 radical (unpaired) electrons. The maximum absolute atomic E-state index is 13.2. The second-order valence-corrected chi connectivity index (χ2v) is 7.53. The van der Waals surface area contributed by atoms with E-state index in [2.05, 4.69) is 10.4 Å². The smallest absolute Gasteiger partial charge is 0.252 e. The second kappa shape index (κ2) is 8.47. The Morgan fingerprint density at radius 2 is 1.94 bits per heavy atom. The van der Waals surface area contributed by atoms with E-state index in [0.717, 1.165) is 11.1 Å². The summed E-state index contributed by atoms with van der Waals surface area (Å²) >= 11 is 0. The van der Waals surface area contributed by atoms with Gasteiger partial charge in [-0.05, 0) is 37.6 Å². The van der Waals surface area contributed by atoms with Gasteiger partial charge in [-0.25, -0.2) is 9.67 Å². The monoisotopic (exact) mass is 416 g/mol. The zero-order valence-electron chi connectivity index (χ0n) is 17.7. The molecule has 2 aromatic heterocycles. The van der Waals surface area contributed by atoms with Crippen LogP contribution in [0.1, 0.15) is 35.8 Å². The average molecular weight is 416 g/mol. The molecule has 2 aromatic carbocycles. The van der Waals surface area contributed by atoms with Gasteiger partial charge in [0.2, 0.25) is 0 Å². The Morgan fingerprint density at radius 3 is 2.65 bits per heavy atom. The van der Waals surface area contributed by atoms with Gasteiger partial charge in [0, 0.05) is 18.2 Å². The van der Waals surface area contributed by atoms with Crippen molar-refractivity contribution in [1.29, 1.82) is 0 Å². The van der Waals surface area contributed by atoms with Crippen LogP contribution in [0.3, 0.4) is 0 Å². The van der Waals surface area contributed by atoms with Gasteiger partial charge >= 0.3 is 0 Å². The van der Waals surface area contributed by atoms with Gasteiger partial charge in [0.1, 0.15) is 0 Å². The lowest BCUT2D eigenvalue weighted by molar-refractivity contribution is 0.0952. The van der Waals surface area contributed by atoms with Crippen molar-refractivity contribution in [2.24, 2.45) is 0 Å². The fourth-order valence-corrected chi connectivity index (χ4v) is 3.45. The Bertz CT molecular complexity index is 1230. The quantitative estimate of drug-likeness (QED) is 0.489. The van der Waals surface area contributed by atoms with Crippen molar-refractivity contribution in [3.05, 3.63) is 71.9 Å². The molecule has 7 heteroatoms. The van der Waals surface area contributed by atoms with E-state index in [-0.39, 0.29) is 24.2 Å². The van der Waals surface area contributed by atoms with E-state index in [4.69, 9.17) is 9.72 Å². The van der Waals surface area contributed by atoms with Crippen molar-refractivity contribution in [3.63, 3.8) is 0 Å². The molecule has 158 valence electrons. The highest BCUT2D eigenvalue weighted by Crippen LogP contribution is 2.28. The summed E-state index contributed by atoms with van der Waals surface area (Å²) in [5.74, 6) is 0.199. The van der Waals surface area contributed by atoms with Crippen LogP contribution in [0, 0.1) is 0 Å². The largest absolute Gasteiger partial charge is 0.504 e. The summed E-state index contributed by atoms with van der Waals surface area (Å²) in [4.78, 5) is 18.0. The molecule has 0 unspecified atom stereocenters. The van der Waals surface area contributed by atoms with Crippen LogP contribution >= 0.6 is 0 Å². The van der Waals surface area contributed by atoms with E-state index in [1.807, 2.05) is 48.9 Å². The molecule has 2 heterocycles. The van der Waals surface area contributed by atoms with Crippen LogP contribution in [0.15, 0.2) is 60.8 Å². The van der Waals surface area contributed by atoms with Crippen molar-refractivity contribution in [3.8, 4) is 22.8 Å². The highest BCUT2D eigenvalue weighted by atomic mass is 16.5. The third-order valence-electron chi connectivity index (χ3n) is 5.07. The van der Waals surface area contributed by atoms with Crippen LogP contribution in [0.5, 0.6) is 11.5 Å². The molecule has 1 amide bonds. The molecule has 0 aliphatic rings. The lowest BCUT2D eigenvalue weighted by Crippen LogP contribution is -2.23. The van der Waals surface area contributed by atoms with E-state index in [1.165, 1.54) is 7.11 Å². The number of carbonyl (C=O) groups excluding carboxylic acids is 1. The van der Waals surface area contributed by atoms with Crippen LogP contribution in [0.2, 0.25) is 0 Å². The van der Waals surface area contributed by atoms with Gasteiger partial charge in [0.15, 0.2) is 17.1 Å². The molecule has 7 nitrogen and oxygen atoms in total. The van der Waals surface area contributed by atoms with E-state index in [0.29, 0.717) is 28.0 Å². The molecule has 0 saturated carbocycles. The number of rotatable bonds is 6. The van der Waals surface area contributed by atoms with Crippen LogP contribution in [0.25, 0.3) is 22.3 Å². The topological polar surface area (TPSA) is 89.3 Å². The zero-order valence-corrected chi connectivity index (χ0v) is 17.7. The minimum absolute atomic E-state index is 0.0574. The summed E-state index contributed by atoms with van der Waals surface area (Å²) in [6.45, 7) is 4.35. The number of carbonyl (C=O) groups is 1. The normalized spacial score (nSPS) is 11.1. The number of amides is 1. The van der Waals surface area contributed by atoms with Crippen LogP contribution in [0.4, 0.5) is 0 Å². The Balaban J connectivity index is 1.71. The molecule has 0 spiro atoms. The summed E-state index contributed by atoms with van der Waals surface area (Å²) in [6.07, 6.45) is 1.69. The average Bonchev–Trinajstić information content (AvgIpc) is 3.22. The van der Waals surface area contributed by atoms with E-state index < -0.39 is 0 Å². The highest BCUT2D eigenvalue weighted by Gasteiger charge is 2.18. The first-order valence-corrected chi connectivity index (χ1v) is 10.1. The molecule has 0 atom stereocenters. The Kier molecular flexibility index (Phi) is 5.58. The number of pyridine rings is 1. The molecule has 2 N–H and O–H groups in total.